The fourth-order valence-electron chi connectivity index (χ4n) is 2.47. The first-order chi connectivity index (χ1) is 13.8. The molecule has 7 nitrogen and oxygen atoms in total. The molecule has 1 aliphatic rings. The minimum atomic E-state index is -5.24. The van der Waals surface area contributed by atoms with Gasteiger partial charge in [-0.15, -0.1) is 0 Å². The molecule has 1 fully saturated rings. The molecule has 0 radical (unpaired) electrons. The lowest BCUT2D eigenvalue weighted by atomic mass is 10.1. The molecular formula is C18H20F4N2O5. The number of hydroxylamine groups is 2. The summed E-state index contributed by atoms with van der Waals surface area (Å²) in [6, 6.07) is 4.61. The van der Waals surface area contributed by atoms with E-state index in [2.05, 4.69) is 4.84 Å². The highest BCUT2D eigenvalue weighted by Gasteiger charge is 2.44. The molecule has 0 unspecified atom stereocenters. The Bertz CT molecular complexity index is 731. The first-order valence-electron chi connectivity index (χ1n) is 8.67. The van der Waals surface area contributed by atoms with Crippen molar-refractivity contribution in [3.8, 4) is 5.75 Å². The van der Waals surface area contributed by atoms with E-state index in [4.69, 9.17) is 15.2 Å². The lowest BCUT2D eigenvalue weighted by Crippen LogP contribution is -2.46. The minimum Gasteiger partial charge on any atom is -0.489 e. The van der Waals surface area contributed by atoms with Crippen molar-refractivity contribution in [3.05, 3.63) is 41.7 Å². The van der Waals surface area contributed by atoms with Crippen LogP contribution in [0.5, 0.6) is 5.75 Å². The summed E-state index contributed by atoms with van der Waals surface area (Å²) in [6.45, 7) is 0.308. The lowest BCUT2D eigenvalue weighted by molar-refractivity contribution is -0.237. The number of nitrogens with two attached hydrogens (primary N) is 1. The quantitative estimate of drug-likeness (QED) is 0.562. The van der Waals surface area contributed by atoms with E-state index >= 15 is 0 Å². The van der Waals surface area contributed by atoms with Gasteiger partial charge in [0.05, 0.1) is 12.4 Å². The van der Waals surface area contributed by atoms with Crippen LogP contribution in [-0.4, -0.2) is 55.5 Å². The van der Waals surface area contributed by atoms with Gasteiger partial charge in [0.15, 0.2) is 0 Å². The van der Waals surface area contributed by atoms with E-state index in [-0.39, 0.29) is 50.3 Å². The summed E-state index contributed by atoms with van der Waals surface area (Å²) in [7, 11) is 0. The van der Waals surface area contributed by atoms with E-state index in [0.717, 1.165) is 0 Å². The maximum atomic E-state index is 12.7. The third-order valence-electron chi connectivity index (χ3n) is 4.08. The molecule has 0 bridgehead atoms. The largest absolute Gasteiger partial charge is 0.493 e. The number of benzene rings is 1. The van der Waals surface area contributed by atoms with E-state index in [1.807, 2.05) is 0 Å². The van der Waals surface area contributed by atoms with Crippen molar-refractivity contribution in [1.29, 1.82) is 0 Å². The van der Waals surface area contributed by atoms with Crippen LogP contribution in [0.25, 0.3) is 0 Å². The van der Waals surface area contributed by atoms with E-state index in [1.54, 1.807) is 0 Å². The highest BCUT2D eigenvalue weighted by atomic mass is 19.4. The highest BCUT2D eigenvalue weighted by Crippen LogP contribution is 2.24. The molecule has 11 heteroatoms. The van der Waals surface area contributed by atoms with Crippen LogP contribution in [0, 0.1) is 0 Å². The van der Waals surface area contributed by atoms with Crippen LogP contribution in [0.1, 0.15) is 23.2 Å². The molecule has 2 rings (SSSR count). The zero-order valence-corrected chi connectivity index (χ0v) is 15.3. The third-order valence-corrected chi connectivity index (χ3v) is 4.08. The van der Waals surface area contributed by atoms with Gasteiger partial charge < -0.3 is 20.0 Å². The van der Waals surface area contributed by atoms with Crippen LogP contribution in [0.4, 0.5) is 17.6 Å². The van der Waals surface area contributed by atoms with E-state index < -0.39 is 24.1 Å². The van der Waals surface area contributed by atoms with Crippen molar-refractivity contribution >= 4 is 11.9 Å². The molecule has 1 aromatic rings. The first kappa shape index (κ1) is 22.6. The number of carbonyl (C=O) groups excluding carboxylic acids is 2. The Morgan fingerprint density at radius 2 is 1.83 bits per heavy atom. The standard InChI is InChI=1S/C18H20F4N2O5/c19-9-12(10-23)11-28-15-3-1-13(2-4-15)16(25)24(14-5-7-27-8-6-14)29-17(26)18(20,21)22/h1-4,9,14H,5-8,10-11,23H2/b12-9+. The van der Waals surface area contributed by atoms with Crippen LogP contribution in [0.15, 0.2) is 36.2 Å². The van der Waals surface area contributed by atoms with Crippen molar-refractivity contribution in [3.63, 3.8) is 0 Å². The number of nitrogens with zero attached hydrogens (tertiary/aromatic N) is 1. The van der Waals surface area contributed by atoms with Crippen molar-refractivity contribution < 1.29 is 41.5 Å². The predicted molar refractivity (Wildman–Crippen MR) is 92.3 cm³/mol. The molecule has 1 aliphatic heterocycles. The lowest BCUT2D eigenvalue weighted by Gasteiger charge is -2.32. The number of ether oxygens (including phenoxy) is 2. The monoisotopic (exact) mass is 420 g/mol. The van der Waals surface area contributed by atoms with Crippen molar-refractivity contribution in [1.82, 2.24) is 5.06 Å². The first-order valence-corrected chi connectivity index (χ1v) is 8.67. The van der Waals surface area contributed by atoms with Crippen LogP contribution < -0.4 is 10.5 Å². The second-order valence-corrected chi connectivity index (χ2v) is 6.14. The topological polar surface area (TPSA) is 91.1 Å². The van der Waals surface area contributed by atoms with E-state index in [9.17, 15) is 27.2 Å². The van der Waals surface area contributed by atoms with Gasteiger partial charge in [-0.3, -0.25) is 4.79 Å². The van der Waals surface area contributed by atoms with Gasteiger partial charge in [-0.05, 0) is 37.1 Å². The molecule has 1 aromatic carbocycles. The third kappa shape index (κ3) is 6.43. The van der Waals surface area contributed by atoms with Crippen molar-refractivity contribution in [2.75, 3.05) is 26.4 Å². The number of rotatable bonds is 6. The fourth-order valence-corrected chi connectivity index (χ4v) is 2.47. The smallest absolute Gasteiger partial charge is 0.489 e. The number of halogens is 4. The van der Waals surface area contributed by atoms with E-state index in [1.165, 1.54) is 24.3 Å². The van der Waals surface area contributed by atoms with Gasteiger partial charge in [-0.1, -0.05) is 0 Å². The summed E-state index contributed by atoms with van der Waals surface area (Å²) in [5.41, 5.74) is 5.52. The molecule has 2 N–H and O–H groups in total. The van der Waals surface area contributed by atoms with Gasteiger partial charge in [0.2, 0.25) is 0 Å². The maximum absolute atomic E-state index is 12.7. The molecule has 0 atom stereocenters. The second-order valence-electron chi connectivity index (χ2n) is 6.14. The maximum Gasteiger partial charge on any atom is 0.493 e. The molecular weight excluding hydrogens is 400 g/mol. The van der Waals surface area contributed by atoms with Crippen LogP contribution in [0.3, 0.4) is 0 Å². The molecule has 0 aliphatic carbocycles. The summed E-state index contributed by atoms with van der Waals surface area (Å²) in [5.74, 6) is -3.10. The number of hydrogen-bond donors (Lipinski definition) is 1. The summed E-state index contributed by atoms with van der Waals surface area (Å²) >= 11 is 0. The van der Waals surface area contributed by atoms with Crippen molar-refractivity contribution in [2.24, 2.45) is 5.73 Å². The number of carbonyl (C=O) groups is 2. The zero-order valence-electron chi connectivity index (χ0n) is 15.3. The van der Waals surface area contributed by atoms with Crippen LogP contribution >= 0.6 is 0 Å². The minimum absolute atomic E-state index is 0.0149. The predicted octanol–water partition coefficient (Wildman–Crippen LogP) is 2.52. The average Bonchev–Trinajstić information content (AvgIpc) is 2.72. The number of amides is 1. The van der Waals surface area contributed by atoms with Gasteiger partial charge in [-0.25, -0.2) is 9.18 Å². The van der Waals surface area contributed by atoms with Crippen LogP contribution in [-0.2, 0) is 14.4 Å². The summed E-state index contributed by atoms with van der Waals surface area (Å²) in [4.78, 5) is 28.4. The van der Waals surface area contributed by atoms with Gasteiger partial charge in [0.25, 0.3) is 5.91 Å². The molecule has 160 valence electrons. The Morgan fingerprint density at radius 3 is 2.34 bits per heavy atom. The molecule has 1 heterocycles. The molecule has 1 amide bonds. The van der Waals surface area contributed by atoms with Gasteiger partial charge >= 0.3 is 12.1 Å². The average molecular weight is 420 g/mol. The van der Waals surface area contributed by atoms with Gasteiger partial charge in [-0.2, -0.15) is 18.2 Å². The Morgan fingerprint density at radius 1 is 1.21 bits per heavy atom. The molecule has 1 saturated heterocycles. The number of alkyl halides is 3. The second kappa shape index (κ2) is 10.2. The van der Waals surface area contributed by atoms with Crippen molar-refractivity contribution in [2.45, 2.75) is 25.1 Å². The van der Waals surface area contributed by atoms with E-state index in [0.29, 0.717) is 17.1 Å². The van der Waals surface area contributed by atoms with Crippen LogP contribution in [0.2, 0.25) is 0 Å². The fraction of sp³-hybridized carbons (Fsp3) is 0.444. The SMILES string of the molecule is NC/C(=C\F)COc1ccc(C(=O)N(OC(=O)C(F)(F)F)C2CCOCC2)cc1. The summed E-state index contributed by atoms with van der Waals surface area (Å²) in [5, 5.41) is 0.451. The zero-order chi connectivity index (χ0) is 21.4. The molecule has 0 spiro atoms. The Kier molecular flexibility index (Phi) is 7.97. The van der Waals surface area contributed by atoms with Gasteiger partial charge in [0, 0.05) is 30.9 Å². The normalized spacial score (nSPS) is 15.7. The number of hydrogen-bond acceptors (Lipinski definition) is 6. The Labute approximate surface area is 163 Å². The summed E-state index contributed by atoms with van der Waals surface area (Å²) in [6.07, 6.45) is -4.48. The Hall–Kier alpha value is -2.66. The Balaban J connectivity index is 2.13. The molecule has 29 heavy (non-hydrogen) atoms. The highest BCUT2D eigenvalue weighted by molar-refractivity contribution is 5.94. The molecule has 0 saturated carbocycles. The molecule has 0 aromatic heterocycles. The summed E-state index contributed by atoms with van der Waals surface area (Å²) < 4.78 is 60.7. The van der Waals surface area contributed by atoms with Gasteiger partial charge in [0.1, 0.15) is 12.4 Å².